The van der Waals surface area contributed by atoms with E-state index < -0.39 is 0 Å². The molecule has 11 heavy (non-hydrogen) atoms. The predicted octanol–water partition coefficient (Wildman–Crippen LogP) is 4.14. The van der Waals surface area contributed by atoms with Crippen LogP contribution in [0.25, 0.3) is 0 Å². The average molecular weight is 175 g/mol. The van der Waals surface area contributed by atoms with Gasteiger partial charge in [0.05, 0.1) is 0 Å². The van der Waals surface area contributed by atoms with Gasteiger partial charge in [-0.05, 0) is 19.3 Å². The molecule has 0 unspecified atom stereocenters. The van der Waals surface area contributed by atoms with Crippen molar-refractivity contribution in [3.8, 4) is 0 Å². The second kappa shape index (κ2) is 10.0. The van der Waals surface area contributed by atoms with Gasteiger partial charge in [-0.1, -0.05) is 38.3 Å². The lowest BCUT2D eigenvalue weighted by molar-refractivity contribution is 0.674. The maximum atomic E-state index is 5.51. The van der Waals surface area contributed by atoms with E-state index in [2.05, 4.69) is 19.1 Å². The number of halogens is 1. The van der Waals surface area contributed by atoms with Gasteiger partial charge in [-0.3, -0.25) is 0 Å². The summed E-state index contributed by atoms with van der Waals surface area (Å²) < 4.78 is 0. The molecule has 0 aliphatic heterocycles. The molecule has 0 aromatic rings. The number of allylic oxidation sites excluding steroid dienone is 2. The highest BCUT2D eigenvalue weighted by atomic mass is 35.5. The second-order valence-corrected chi connectivity index (χ2v) is 3.18. The van der Waals surface area contributed by atoms with Crippen LogP contribution in [0, 0.1) is 0 Å². The Kier molecular flexibility index (Phi) is 10.1. The second-order valence-electron chi connectivity index (χ2n) is 2.80. The van der Waals surface area contributed by atoms with E-state index in [1.807, 2.05) is 0 Å². The first-order chi connectivity index (χ1) is 5.41. The molecule has 0 rings (SSSR count). The van der Waals surface area contributed by atoms with Crippen molar-refractivity contribution in [2.45, 2.75) is 45.4 Å². The quantitative estimate of drug-likeness (QED) is 0.309. The average Bonchev–Trinajstić information content (AvgIpc) is 2.03. The van der Waals surface area contributed by atoms with E-state index in [9.17, 15) is 0 Å². The van der Waals surface area contributed by atoms with Crippen molar-refractivity contribution in [3.63, 3.8) is 0 Å². The fourth-order valence-electron chi connectivity index (χ4n) is 0.988. The van der Waals surface area contributed by atoms with E-state index in [1.165, 1.54) is 32.1 Å². The molecule has 0 fully saturated rings. The summed E-state index contributed by atoms with van der Waals surface area (Å²) in [5, 5.41) is 0. The van der Waals surface area contributed by atoms with E-state index in [0.717, 1.165) is 12.3 Å². The number of unbranched alkanes of at least 4 members (excludes halogenated alkanes) is 4. The Morgan fingerprint density at radius 1 is 1.00 bits per heavy atom. The van der Waals surface area contributed by atoms with E-state index >= 15 is 0 Å². The molecule has 0 amide bonds. The van der Waals surface area contributed by atoms with Crippen LogP contribution in [-0.2, 0) is 0 Å². The van der Waals surface area contributed by atoms with E-state index in [0.29, 0.717) is 0 Å². The minimum absolute atomic E-state index is 0.755. The monoisotopic (exact) mass is 174 g/mol. The molecule has 66 valence electrons. The van der Waals surface area contributed by atoms with Crippen molar-refractivity contribution in [1.29, 1.82) is 0 Å². The highest BCUT2D eigenvalue weighted by Gasteiger charge is 1.83. The molecule has 0 aromatic carbocycles. The minimum atomic E-state index is 0.755. The number of alkyl halides is 1. The minimum Gasteiger partial charge on any atom is -0.126 e. The summed E-state index contributed by atoms with van der Waals surface area (Å²) in [7, 11) is 0. The largest absolute Gasteiger partial charge is 0.126 e. The van der Waals surface area contributed by atoms with Gasteiger partial charge in [0.1, 0.15) is 0 Å². The van der Waals surface area contributed by atoms with Gasteiger partial charge in [0.25, 0.3) is 0 Å². The van der Waals surface area contributed by atoms with Crippen molar-refractivity contribution < 1.29 is 0 Å². The summed E-state index contributed by atoms with van der Waals surface area (Å²) in [5.74, 6) is 0.755. The molecular formula is C10H19Cl. The maximum absolute atomic E-state index is 5.51. The Hall–Kier alpha value is 0.0300. The Morgan fingerprint density at radius 3 is 2.36 bits per heavy atom. The molecule has 0 spiro atoms. The molecule has 0 aliphatic carbocycles. The van der Waals surface area contributed by atoms with Crippen LogP contribution in [0.4, 0.5) is 0 Å². The van der Waals surface area contributed by atoms with Gasteiger partial charge in [0, 0.05) is 5.88 Å². The van der Waals surface area contributed by atoms with Crippen molar-refractivity contribution in [2.75, 3.05) is 5.88 Å². The first-order valence-corrected chi connectivity index (χ1v) is 5.16. The third-order valence-corrected chi connectivity index (χ3v) is 1.89. The van der Waals surface area contributed by atoms with Gasteiger partial charge in [0.15, 0.2) is 0 Å². The summed E-state index contributed by atoms with van der Waals surface area (Å²) in [6.45, 7) is 2.24. The van der Waals surface area contributed by atoms with Crippen LogP contribution < -0.4 is 0 Å². The first-order valence-electron chi connectivity index (χ1n) is 4.62. The van der Waals surface area contributed by atoms with E-state index in [1.54, 1.807) is 0 Å². The summed E-state index contributed by atoms with van der Waals surface area (Å²) in [4.78, 5) is 0. The smallest absolute Gasteiger partial charge is 0.0257 e. The molecule has 0 aliphatic rings. The fraction of sp³-hybridized carbons (Fsp3) is 0.800. The number of hydrogen-bond acceptors (Lipinski definition) is 0. The van der Waals surface area contributed by atoms with Crippen molar-refractivity contribution in [1.82, 2.24) is 0 Å². The third kappa shape index (κ3) is 10.0. The normalized spacial score (nSPS) is 11.1. The van der Waals surface area contributed by atoms with Crippen LogP contribution in [0.1, 0.15) is 45.4 Å². The number of rotatable bonds is 7. The van der Waals surface area contributed by atoms with Gasteiger partial charge < -0.3 is 0 Å². The number of hydrogen-bond donors (Lipinski definition) is 0. The Bertz CT molecular complexity index is 86.9. The summed E-state index contributed by atoms with van der Waals surface area (Å²) in [6.07, 6.45) is 12.1. The molecule has 0 aromatic heterocycles. The first kappa shape index (κ1) is 11.0. The van der Waals surface area contributed by atoms with Crippen LogP contribution >= 0.6 is 11.6 Å². The predicted molar refractivity (Wildman–Crippen MR) is 53.2 cm³/mol. The van der Waals surface area contributed by atoms with Crippen LogP contribution in [0.5, 0.6) is 0 Å². The molecule has 0 heterocycles. The van der Waals surface area contributed by atoms with Gasteiger partial charge in [-0.25, -0.2) is 0 Å². The molecule has 0 saturated heterocycles. The lowest BCUT2D eigenvalue weighted by Gasteiger charge is -1.93. The van der Waals surface area contributed by atoms with Crippen molar-refractivity contribution in [3.05, 3.63) is 12.2 Å². The van der Waals surface area contributed by atoms with Gasteiger partial charge in [0.2, 0.25) is 0 Å². The Balaban J connectivity index is 2.89. The summed E-state index contributed by atoms with van der Waals surface area (Å²) >= 11 is 5.51. The molecule has 0 saturated carbocycles. The molecule has 0 bridgehead atoms. The SMILES string of the molecule is CCCCCC/C=C/CCCl. The fourth-order valence-corrected chi connectivity index (χ4v) is 1.11. The van der Waals surface area contributed by atoms with Gasteiger partial charge in [-0.2, -0.15) is 0 Å². The molecular weight excluding hydrogens is 156 g/mol. The van der Waals surface area contributed by atoms with E-state index in [4.69, 9.17) is 11.6 Å². The van der Waals surface area contributed by atoms with Crippen LogP contribution in [0.15, 0.2) is 12.2 Å². The highest BCUT2D eigenvalue weighted by Crippen LogP contribution is 2.03. The standard InChI is InChI=1S/C10H19Cl/c1-2-3-4-5-6-7-8-9-10-11/h7-8H,2-6,9-10H2,1H3/b8-7+. The topological polar surface area (TPSA) is 0 Å². The van der Waals surface area contributed by atoms with Crippen molar-refractivity contribution >= 4 is 11.6 Å². The lowest BCUT2D eigenvalue weighted by atomic mass is 10.1. The van der Waals surface area contributed by atoms with Crippen LogP contribution in [0.2, 0.25) is 0 Å². The van der Waals surface area contributed by atoms with Gasteiger partial charge in [-0.15, -0.1) is 11.6 Å². The van der Waals surface area contributed by atoms with Crippen molar-refractivity contribution in [2.24, 2.45) is 0 Å². The maximum Gasteiger partial charge on any atom is 0.0257 e. The molecule has 0 N–H and O–H groups in total. The summed E-state index contributed by atoms with van der Waals surface area (Å²) in [5.41, 5.74) is 0. The summed E-state index contributed by atoms with van der Waals surface area (Å²) in [6, 6.07) is 0. The highest BCUT2D eigenvalue weighted by molar-refractivity contribution is 6.17. The zero-order chi connectivity index (χ0) is 8.36. The zero-order valence-electron chi connectivity index (χ0n) is 7.48. The Labute approximate surface area is 75.6 Å². The molecule has 0 nitrogen and oxygen atoms in total. The Morgan fingerprint density at radius 2 is 1.73 bits per heavy atom. The van der Waals surface area contributed by atoms with Crippen LogP contribution in [-0.4, -0.2) is 5.88 Å². The molecule has 0 radical (unpaired) electrons. The lowest BCUT2D eigenvalue weighted by Crippen LogP contribution is -1.74. The third-order valence-electron chi connectivity index (χ3n) is 1.67. The van der Waals surface area contributed by atoms with Gasteiger partial charge >= 0.3 is 0 Å². The van der Waals surface area contributed by atoms with Crippen LogP contribution in [0.3, 0.4) is 0 Å². The molecule has 0 atom stereocenters. The van der Waals surface area contributed by atoms with E-state index in [-0.39, 0.29) is 0 Å². The molecule has 1 heteroatoms. The zero-order valence-corrected chi connectivity index (χ0v) is 8.24.